The maximum absolute atomic E-state index is 10.1. The molecule has 1 saturated carbocycles. The first kappa shape index (κ1) is 20.8. The van der Waals surface area contributed by atoms with E-state index in [0.717, 1.165) is 62.3 Å². The standard InChI is InChI=1S/C22H35N3O3/c1-3-23-22(24-15-18-14-20(27-2)8-9-21(18)26)25-12-10-19(11-13-25)28-16-17-6-4-5-7-17/h8-9,14,17,19,26H,3-7,10-13,15-16H2,1-2H3,(H,23,24). The lowest BCUT2D eigenvalue weighted by molar-refractivity contribution is 0.00101. The van der Waals surface area contributed by atoms with Gasteiger partial charge in [-0.3, -0.25) is 0 Å². The molecule has 0 aromatic heterocycles. The Balaban J connectivity index is 1.53. The van der Waals surface area contributed by atoms with Crippen molar-refractivity contribution in [3.63, 3.8) is 0 Å². The van der Waals surface area contributed by atoms with E-state index in [4.69, 9.17) is 14.5 Å². The molecule has 156 valence electrons. The van der Waals surface area contributed by atoms with Crippen LogP contribution in [0.3, 0.4) is 0 Å². The summed E-state index contributed by atoms with van der Waals surface area (Å²) in [6.07, 6.45) is 7.89. The minimum Gasteiger partial charge on any atom is -0.508 e. The maximum Gasteiger partial charge on any atom is 0.194 e. The van der Waals surface area contributed by atoms with Crippen molar-refractivity contribution in [2.75, 3.05) is 33.4 Å². The van der Waals surface area contributed by atoms with Crippen LogP contribution in [0.2, 0.25) is 0 Å². The van der Waals surface area contributed by atoms with Crippen molar-refractivity contribution >= 4 is 5.96 Å². The van der Waals surface area contributed by atoms with Crippen molar-refractivity contribution in [1.82, 2.24) is 10.2 Å². The summed E-state index contributed by atoms with van der Waals surface area (Å²) in [5, 5.41) is 13.5. The van der Waals surface area contributed by atoms with E-state index in [0.29, 0.717) is 12.6 Å². The van der Waals surface area contributed by atoms with E-state index in [9.17, 15) is 5.11 Å². The smallest absolute Gasteiger partial charge is 0.194 e. The molecule has 0 atom stereocenters. The Morgan fingerprint density at radius 1 is 1.21 bits per heavy atom. The lowest BCUT2D eigenvalue weighted by Crippen LogP contribution is -2.47. The highest BCUT2D eigenvalue weighted by Gasteiger charge is 2.24. The van der Waals surface area contributed by atoms with Gasteiger partial charge in [0.05, 0.1) is 19.8 Å². The van der Waals surface area contributed by atoms with Crippen LogP contribution in [0, 0.1) is 5.92 Å². The second-order valence-electron chi connectivity index (χ2n) is 7.84. The number of methoxy groups -OCH3 is 1. The number of phenolic OH excluding ortho intramolecular Hbond substituents is 1. The molecular formula is C22H35N3O3. The van der Waals surface area contributed by atoms with Crippen molar-refractivity contribution < 1.29 is 14.6 Å². The predicted molar refractivity (Wildman–Crippen MR) is 112 cm³/mol. The normalized spacial score (nSPS) is 19.2. The molecule has 1 aliphatic heterocycles. The fraction of sp³-hybridized carbons (Fsp3) is 0.682. The minimum atomic E-state index is 0.249. The first-order valence-electron chi connectivity index (χ1n) is 10.7. The SMILES string of the molecule is CCNC(=NCc1cc(OC)ccc1O)N1CCC(OCC2CCCC2)CC1. The summed E-state index contributed by atoms with van der Waals surface area (Å²) in [6.45, 7) is 6.16. The van der Waals surface area contributed by atoms with Crippen LogP contribution in [-0.4, -0.2) is 55.4 Å². The van der Waals surface area contributed by atoms with Gasteiger partial charge in [0, 0.05) is 31.8 Å². The molecule has 0 radical (unpaired) electrons. The molecule has 3 rings (SSSR count). The van der Waals surface area contributed by atoms with Crippen LogP contribution in [0.1, 0.15) is 51.0 Å². The van der Waals surface area contributed by atoms with Gasteiger partial charge in [0.15, 0.2) is 5.96 Å². The number of aliphatic imine (C=N–C) groups is 1. The molecule has 1 heterocycles. The molecular weight excluding hydrogens is 354 g/mol. The molecule has 6 nitrogen and oxygen atoms in total. The number of nitrogens with one attached hydrogen (secondary N) is 1. The number of phenols is 1. The molecule has 2 N–H and O–H groups in total. The van der Waals surface area contributed by atoms with Crippen LogP contribution < -0.4 is 10.1 Å². The van der Waals surface area contributed by atoms with E-state index in [2.05, 4.69) is 17.1 Å². The molecule has 2 fully saturated rings. The number of rotatable bonds is 7. The third-order valence-electron chi connectivity index (χ3n) is 5.80. The summed E-state index contributed by atoms with van der Waals surface area (Å²) in [4.78, 5) is 7.05. The Morgan fingerprint density at radius 2 is 1.96 bits per heavy atom. The number of nitrogens with zero attached hydrogens (tertiary/aromatic N) is 2. The van der Waals surface area contributed by atoms with E-state index in [1.807, 2.05) is 6.07 Å². The molecule has 0 spiro atoms. The number of guanidine groups is 1. The molecule has 28 heavy (non-hydrogen) atoms. The highest BCUT2D eigenvalue weighted by Crippen LogP contribution is 2.26. The van der Waals surface area contributed by atoms with Gasteiger partial charge in [-0.25, -0.2) is 4.99 Å². The van der Waals surface area contributed by atoms with Gasteiger partial charge in [-0.05, 0) is 56.7 Å². The average Bonchev–Trinajstić information content (AvgIpc) is 3.25. The fourth-order valence-electron chi connectivity index (χ4n) is 4.08. The number of likely N-dealkylation sites (tertiary alicyclic amines) is 1. The summed E-state index contributed by atoms with van der Waals surface area (Å²) in [7, 11) is 1.63. The van der Waals surface area contributed by atoms with Crippen molar-refractivity contribution in [2.24, 2.45) is 10.9 Å². The second kappa shape index (κ2) is 10.6. The summed E-state index contributed by atoms with van der Waals surface area (Å²) in [5.41, 5.74) is 0.768. The van der Waals surface area contributed by atoms with Gasteiger partial charge < -0.3 is 24.8 Å². The quantitative estimate of drug-likeness (QED) is 0.552. The highest BCUT2D eigenvalue weighted by atomic mass is 16.5. The Hall–Kier alpha value is -1.95. The highest BCUT2D eigenvalue weighted by molar-refractivity contribution is 5.80. The Bertz CT molecular complexity index is 636. The van der Waals surface area contributed by atoms with E-state index in [-0.39, 0.29) is 5.75 Å². The van der Waals surface area contributed by atoms with Gasteiger partial charge in [0.25, 0.3) is 0 Å². The van der Waals surface area contributed by atoms with Crippen LogP contribution in [-0.2, 0) is 11.3 Å². The number of ether oxygens (including phenoxy) is 2. The van der Waals surface area contributed by atoms with Crippen LogP contribution in [0.25, 0.3) is 0 Å². The third kappa shape index (κ3) is 5.77. The van der Waals surface area contributed by atoms with Gasteiger partial charge in [0.2, 0.25) is 0 Å². The van der Waals surface area contributed by atoms with Crippen LogP contribution in [0.4, 0.5) is 0 Å². The lowest BCUT2D eigenvalue weighted by Gasteiger charge is -2.34. The summed E-state index contributed by atoms with van der Waals surface area (Å²) < 4.78 is 11.4. The van der Waals surface area contributed by atoms with Gasteiger partial charge in [-0.1, -0.05) is 12.8 Å². The average molecular weight is 390 g/mol. The largest absolute Gasteiger partial charge is 0.508 e. The van der Waals surface area contributed by atoms with E-state index in [1.54, 1.807) is 19.2 Å². The van der Waals surface area contributed by atoms with Gasteiger partial charge in [-0.2, -0.15) is 0 Å². The number of hydrogen-bond donors (Lipinski definition) is 2. The van der Waals surface area contributed by atoms with Crippen molar-refractivity contribution in [3.05, 3.63) is 23.8 Å². The van der Waals surface area contributed by atoms with Crippen molar-refractivity contribution in [3.8, 4) is 11.5 Å². The zero-order valence-corrected chi connectivity index (χ0v) is 17.3. The first-order chi connectivity index (χ1) is 13.7. The van der Waals surface area contributed by atoms with Gasteiger partial charge in [0.1, 0.15) is 11.5 Å². The van der Waals surface area contributed by atoms with Crippen LogP contribution in [0.15, 0.2) is 23.2 Å². The zero-order valence-electron chi connectivity index (χ0n) is 17.3. The Kier molecular flexibility index (Phi) is 7.83. The first-order valence-corrected chi connectivity index (χ1v) is 10.7. The van der Waals surface area contributed by atoms with Crippen molar-refractivity contribution in [2.45, 2.75) is 58.1 Å². The minimum absolute atomic E-state index is 0.249. The molecule has 6 heteroatoms. The van der Waals surface area contributed by atoms with Crippen LogP contribution >= 0.6 is 0 Å². The Labute approximate surface area is 168 Å². The number of piperidine rings is 1. The molecule has 0 unspecified atom stereocenters. The molecule has 1 saturated heterocycles. The summed E-state index contributed by atoms with van der Waals surface area (Å²) >= 11 is 0. The summed E-state index contributed by atoms with van der Waals surface area (Å²) in [5.74, 6) is 2.67. The fourth-order valence-corrected chi connectivity index (χ4v) is 4.08. The number of hydrogen-bond acceptors (Lipinski definition) is 4. The zero-order chi connectivity index (χ0) is 19.8. The van der Waals surface area contributed by atoms with E-state index >= 15 is 0 Å². The van der Waals surface area contributed by atoms with E-state index < -0.39 is 0 Å². The lowest BCUT2D eigenvalue weighted by atomic mass is 10.1. The maximum atomic E-state index is 10.1. The van der Waals surface area contributed by atoms with Crippen molar-refractivity contribution in [1.29, 1.82) is 0 Å². The molecule has 1 aliphatic carbocycles. The second-order valence-corrected chi connectivity index (χ2v) is 7.84. The van der Waals surface area contributed by atoms with E-state index in [1.165, 1.54) is 25.7 Å². The van der Waals surface area contributed by atoms with Crippen LogP contribution in [0.5, 0.6) is 11.5 Å². The summed E-state index contributed by atoms with van der Waals surface area (Å²) in [6, 6.07) is 5.25. The topological polar surface area (TPSA) is 66.3 Å². The molecule has 2 aliphatic rings. The molecule has 0 bridgehead atoms. The molecule has 1 aromatic rings. The van der Waals surface area contributed by atoms with Gasteiger partial charge in [-0.15, -0.1) is 0 Å². The molecule has 0 amide bonds. The molecule has 1 aromatic carbocycles. The number of benzene rings is 1. The predicted octanol–water partition coefficient (Wildman–Crippen LogP) is 3.54. The third-order valence-corrected chi connectivity index (χ3v) is 5.80. The number of aromatic hydroxyl groups is 1. The monoisotopic (exact) mass is 389 g/mol. The van der Waals surface area contributed by atoms with Gasteiger partial charge >= 0.3 is 0 Å². The Morgan fingerprint density at radius 3 is 2.64 bits per heavy atom.